The summed E-state index contributed by atoms with van der Waals surface area (Å²) in [5.41, 5.74) is 5.34. The van der Waals surface area contributed by atoms with E-state index in [1.54, 1.807) is 23.2 Å². The maximum atomic E-state index is 12.8. The highest BCUT2D eigenvalue weighted by Crippen LogP contribution is 2.24. The average Bonchev–Trinajstić information content (AvgIpc) is 3.20. The van der Waals surface area contributed by atoms with E-state index in [4.69, 9.17) is 0 Å². The van der Waals surface area contributed by atoms with Crippen molar-refractivity contribution in [3.8, 4) is 0 Å². The molecule has 5 rings (SSSR count). The molecule has 0 atom stereocenters. The van der Waals surface area contributed by atoms with Gasteiger partial charge >= 0.3 is 0 Å². The number of rotatable bonds is 6. The average molecular weight is 451 g/mol. The number of nitrogens with one attached hydrogen (secondary N) is 1. The van der Waals surface area contributed by atoms with Crippen LogP contribution in [0.2, 0.25) is 0 Å². The molecule has 0 saturated heterocycles. The number of hydrogen-bond donors (Lipinski definition) is 1. The molecule has 0 aliphatic carbocycles. The van der Waals surface area contributed by atoms with Crippen LogP contribution in [0.15, 0.2) is 79.1 Å². The van der Waals surface area contributed by atoms with Crippen molar-refractivity contribution < 1.29 is 9.59 Å². The Kier molecular flexibility index (Phi) is 5.95. The molecule has 0 unspecified atom stereocenters. The topological polar surface area (TPSA) is 67.2 Å². The Bertz CT molecular complexity index is 1390. The van der Waals surface area contributed by atoms with Crippen LogP contribution >= 0.6 is 0 Å². The molecule has 1 aliphatic rings. The first-order valence-electron chi connectivity index (χ1n) is 11.4. The van der Waals surface area contributed by atoms with Gasteiger partial charge in [-0.25, -0.2) is 4.98 Å². The number of carbonyl (C=O) groups excluding carboxylic acids is 2. The maximum Gasteiger partial charge on any atom is 0.246 e. The Morgan fingerprint density at radius 2 is 1.91 bits per heavy atom. The van der Waals surface area contributed by atoms with Crippen LogP contribution in [-0.2, 0) is 29.1 Å². The highest BCUT2D eigenvalue weighted by Gasteiger charge is 2.16. The number of anilines is 1. The van der Waals surface area contributed by atoms with E-state index < -0.39 is 0 Å². The molecule has 2 aromatic heterocycles. The van der Waals surface area contributed by atoms with Crippen LogP contribution in [0, 0.1) is 0 Å². The molecule has 170 valence electrons. The maximum absolute atomic E-state index is 12.8. The van der Waals surface area contributed by atoms with Crippen LogP contribution in [0.3, 0.4) is 0 Å². The van der Waals surface area contributed by atoms with Crippen LogP contribution in [0.1, 0.15) is 28.7 Å². The van der Waals surface area contributed by atoms with Crippen LogP contribution in [0.5, 0.6) is 0 Å². The predicted molar refractivity (Wildman–Crippen MR) is 134 cm³/mol. The first-order valence-corrected chi connectivity index (χ1v) is 11.4. The Morgan fingerprint density at radius 1 is 1.12 bits per heavy atom. The lowest BCUT2D eigenvalue weighted by Crippen LogP contribution is -2.24. The number of hydrogen-bond acceptors (Lipinski definition) is 3. The zero-order valence-corrected chi connectivity index (χ0v) is 19.1. The number of likely N-dealkylation sites (N-methyl/N-ethyl adjacent to an activating group) is 1. The lowest BCUT2D eigenvalue weighted by molar-refractivity contribution is -0.125. The molecule has 2 amide bonds. The summed E-state index contributed by atoms with van der Waals surface area (Å²) in [6.07, 6.45) is 8.30. The lowest BCUT2D eigenvalue weighted by Gasteiger charge is -2.16. The number of nitrogens with zero attached hydrogens (tertiary/aromatic N) is 3. The van der Waals surface area contributed by atoms with Gasteiger partial charge in [-0.15, -0.1) is 0 Å². The number of amides is 2. The number of aromatic nitrogens is 2. The van der Waals surface area contributed by atoms with E-state index in [1.807, 2.05) is 31.3 Å². The summed E-state index contributed by atoms with van der Waals surface area (Å²) in [6.45, 7) is 1.30. The molecule has 0 radical (unpaired) electrons. The van der Waals surface area contributed by atoms with Gasteiger partial charge in [0, 0.05) is 55.9 Å². The number of aryl methyl sites for hydroxylation is 1. The summed E-state index contributed by atoms with van der Waals surface area (Å²) in [5.74, 6) is 0.528. The Morgan fingerprint density at radius 3 is 2.76 bits per heavy atom. The van der Waals surface area contributed by atoms with Crippen LogP contribution < -0.4 is 5.32 Å². The van der Waals surface area contributed by atoms with Crippen molar-refractivity contribution in [1.82, 2.24) is 14.5 Å². The van der Waals surface area contributed by atoms with Gasteiger partial charge in [-0.2, -0.15) is 0 Å². The van der Waals surface area contributed by atoms with Crippen molar-refractivity contribution in [2.24, 2.45) is 0 Å². The molecule has 0 fully saturated rings. The summed E-state index contributed by atoms with van der Waals surface area (Å²) >= 11 is 0. The zero-order chi connectivity index (χ0) is 23.5. The van der Waals surface area contributed by atoms with Crippen molar-refractivity contribution in [3.63, 3.8) is 0 Å². The van der Waals surface area contributed by atoms with Crippen LogP contribution in [0.25, 0.3) is 17.0 Å². The third-order valence-electron chi connectivity index (χ3n) is 6.14. The number of para-hydroxylation sites is 1. The fraction of sp³-hybridized carbons (Fsp3) is 0.179. The number of pyridine rings is 1. The molecule has 1 N–H and O–H groups in total. The lowest BCUT2D eigenvalue weighted by atomic mass is 10.0. The SMILES string of the molecule is CN(Cc1cn(Cc2ccccc2)c2ccccc12)C(=O)C=Cc1cnc2c(c1)CCC(=O)N2. The van der Waals surface area contributed by atoms with Crippen molar-refractivity contribution in [1.29, 1.82) is 0 Å². The summed E-state index contributed by atoms with van der Waals surface area (Å²) in [7, 11) is 1.82. The minimum atomic E-state index is -0.0779. The highest BCUT2D eigenvalue weighted by molar-refractivity contribution is 5.94. The molecule has 0 saturated carbocycles. The fourth-order valence-electron chi connectivity index (χ4n) is 4.35. The minimum absolute atomic E-state index is 0.00906. The van der Waals surface area contributed by atoms with E-state index in [2.05, 4.69) is 57.5 Å². The van der Waals surface area contributed by atoms with Gasteiger partial charge < -0.3 is 14.8 Å². The van der Waals surface area contributed by atoms with Crippen molar-refractivity contribution >= 4 is 34.6 Å². The van der Waals surface area contributed by atoms with Gasteiger partial charge in [0.1, 0.15) is 5.82 Å². The van der Waals surface area contributed by atoms with Gasteiger partial charge in [-0.1, -0.05) is 48.5 Å². The van der Waals surface area contributed by atoms with Gasteiger partial charge in [0.15, 0.2) is 0 Å². The largest absolute Gasteiger partial charge is 0.343 e. The van der Waals surface area contributed by atoms with Gasteiger partial charge in [-0.05, 0) is 46.9 Å². The van der Waals surface area contributed by atoms with E-state index in [-0.39, 0.29) is 11.8 Å². The van der Waals surface area contributed by atoms with Crippen molar-refractivity contribution in [2.75, 3.05) is 12.4 Å². The molecular weight excluding hydrogens is 424 g/mol. The summed E-state index contributed by atoms with van der Waals surface area (Å²) in [5, 5.41) is 3.93. The smallest absolute Gasteiger partial charge is 0.246 e. The van der Waals surface area contributed by atoms with Crippen molar-refractivity contribution in [2.45, 2.75) is 25.9 Å². The van der Waals surface area contributed by atoms with E-state index in [1.165, 1.54) is 5.56 Å². The molecule has 2 aromatic carbocycles. The number of benzene rings is 2. The molecule has 4 aromatic rings. The third kappa shape index (κ3) is 4.62. The molecule has 0 bridgehead atoms. The van der Waals surface area contributed by atoms with E-state index >= 15 is 0 Å². The summed E-state index contributed by atoms with van der Waals surface area (Å²) in [6, 6.07) is 20.7. The van der Waals surface area contributed by atoms with Gasteiger partial charge in [0.2, 0.25) is 11.8 Å². The van der Waals surface area contributed by atoms with Gasteiger partial charge in [0.25, 0.3) is 0 Å². The van der Waals surface area contributed by atoms with Crippen molar-refractivity contribution in [3.05, 3.63) is 101 Å². The molecule has 6 heteroatoms. The molecule has 3 heterocycles. The minimum Gasteiger partial charge on any atom is -0.343 e. The first-order chi connectivity index (χ1) is 16.6. The van der Waals surface area contributed by atoms with Gasteiger partial charge in [0.05, 0.1) is 0 Å². The summed E-state index contributed by atoms with van der Waals surface area (Å²) < 4.78 is 2.24. The van der Waals surface area contributed by atoms with E-state index in [9.17, 15) is 9.59 Å². The second-order valence-corrected chi connectivity index (χ2v) is 8.64. The molecule has 0 spiro atoms. The molecular formula is C28H26N4O2. The first kappa shape index (κ1) is 21.6. The summed E-state index contributed by atoms with van der Waals surface area (Å²) in [4.78, 5) is 30.4. The third-order valence-corrected chi connectivity index (χ3v) is 6.14. The number of fused-ring (bicyclic) bond motifs is 2. The number of carbonyl (C=O) groups is 2. The predicted octanol–water partition coefficient (Wildman–Crippen LogP) is 4.64. The molecule has 34 heavy (non-hydrogen) atoms. The highest BCUT2D eigenvalue weighted by atomic mass is 16.2. The standard InChI is InChI=1S/C28H26N4O2/c1-31(27(34)14-11-21-15-22-12-13-26(33)30-28(22)29-16-21)18-23-19-32(17-20-7-3-2-4-8-20)25-10-6-5-9-24(23)25/h2-11,14-16,19H,12-13,17-18H2,1H3,(H,29,30,33). The van der Waals surface area contributed by atoms with Gasteiger partial charge in [-0.3, -0.25) is 9.59 Å². The Hall–Kier alpha value is -4.19. The van der Waals surface area contributed by atoms with Crippen LogP contribution in [0.4, 0.5) is 5.82 Å². The Labute approximate surface area is 198 Å². The normalized spacial score (nSPS) is 13.1. The molecule has 6 nitrogen and oxygen atoms in total. The Balaban J connectivity index is 1.31. The van der Waals surface area contributed by atoms with E-state index in [0.717, 1.165) is 34.1 Å². The van der Waals surface area contributed by atoms with E-state index in [0.29, 0.717) is 25.2 Å². The van der Waals surface area contributed by atoms with Crippen LogP contribution in [-0.4, -0.2) is 33.3 Å². The second kappa shape index (κ2) is 9.35. The fourth-order valence-corrected chi connectivity index (χ4v) is 4.35. The monoisotopic (exact) mass is 450 g/mol. The second-order valence-electron chi connectivity index (χ2n) is 8.64. The molecule has 1 aliphatic heterocycles. The zero-order valence-electron chi connectivity index (χ0n) is 19.1. The quantitative estimate of drug-likeness (QED) is 0.435.